The number of anilines is 2. The summed E-state index contributed by atoms with van der Waals surface area (Å²) in [7, 11) is 0. The predicted octanol–water partition coefficient (Wildman–Crippen LogP) is 4.86. The lowest BCUT2D eigenvalue weighted by molar-refractivity contribution is -0.0964. The highest BCUT2D eigenvalue weighted by atomic mass is 35.5. The van der Waals surface area contributed by atoms with Gasteiger partial charge in [-0.2, -0.15) is 5.10 Å². The number of ether oxygens (including phenoxy) is 2. The van der Waals surface area contributed by atoms with E-state index in [9.17, 15) is 23.5 Å². The zero-order chi connectivity index (χ0) is 28.3. The van der Waals surface area contributed by atoms with Crippen molar-refractivity contribution in [3.05, 3.63) is 54.4 Å². The van der Waals surface area contributed by atoms with Gasteiger partial charge in [0.2, 0.25) is 0 Å². The lowest BCUT2D eigenvalue weighted by Gasteiger charge is -2.35. The number of carboxylic acid groups (broad SMARTS) is 1. The molecule has 0 bridgehead atoms. The highest BCUT2D eigenvalue weighted by molar-refractivity contribution is 6.20. The minimum absolute atomic E-state index is 0.160. The number of aromatic nitrogens is 3. The molecule has 1 atom stereocenters. The zero-order valence-electron chi connectivity index (χ0n) is 21.3. The average Bonchev–Trinajstić information content (AvgIpc) is 3.43. The number of carbonyl (C=O) groups excluding carboxylic acids is 1. The Balaban J connectivity index is 1.43. The van der Waals surface area contributed by atoms with Gasteiger partial charge < -0.3 is 29.7 Å². The van der Waals surface area contributed by atoms with E-state index in [1.807, 2.05) is 11.0 Å². The summed E-state index contributed by atoms with van der Waals surface area (Å²) in [6.45, 7) is 2.13. The van der Waals surface area contributed by atoms with Crippen LogP contribution in [0.1, 0.15) is 35.8 Å². The van der Waals surface area contributed by atoms with Gasteiger partial charge in [-0.15, -0.1) is 8.78 Å². The summed E-state index contributed by atoms with van der Waals surface area (Å²) >= 11 is 4.80. The molecule has 40 heavy (non-hydrogen) atoms. The highest BCUT2D eigenvalue weighted by Crippen LogP contribution is 2.34. The molecule has 5 rings (SSSR count). The molecule has 1 aromatic carbocycles. The van der Waals surface area contributed by atoms with Crippen LogP contribution in [0, 0.1) is 0 Å². The lowest BCUT2D eigenvalue weighted by atomic mass is 10.1. The molecule has 2 amide bonds. The number of rotatable bonds is 7. The summed E-state index contributed by atoms with van der Waals surface area (Å²) in [5.74, 6) is -0.0255. The molecule has 0 spiro atoms. The van der Waals surface area contributed by atoms with E-state index >= 15 is 0 Å². The van der Waals surface area contributed by atoms with Gasteiger partial charge in [-0.1, -0.05) is 0 Å². The van der Waals surface area contributed by atoms with E-state index < -0.39 is 17.6 Å². The number of piperazine rings is 1. The smallest absolute Gasteiger partial charge is 0.465 e. The molecule has 212 valence electrons. The van der Waals surface area contributed by atoms with Gasteiger partial charge in [0.15, 0.2) is 6.23 Å². The monoisotopic (exact) mass is 576 g/mol. The van der Waals surface area contributed by atoms with Crippen molar-refractivity contribution in [1.29, 1.82) is 0 Å². The predicted molar refractivity (Wildman–Crippen MR) is 142 cm³/mol. The van der Waals surface area contributed by atoms with Crippen molar-refractivity contribution in [1.82, 2.24) is 19.7 Å². The molecule has 0 aliphatic carbocycles. The van der Waals surface area contributed by atoms with E-state index in [4.69, 9.17) is 16.3 Å². The first kappa shape index (κ1) is 27.6. The highest BCUT2D eigenvalue weighted by Gasteiger charge is 2.28. The van der Waals surface area contributed by atoms with E-state index in [0.29, 0.717) is 55.5 Å². The Morgan fingerprint density at radius 1 is 1.12 bits per heavy atom. The van der Waals surface area contributed by atoms with E-state index in [0.717, 1.165) is 19.3 Å². The number of amides is 2. The molecule has 3 aromatic rings. The van der Waals surface area contributed by atoms with Crippen LogP contribution in [0.4, 0.5) is 25.1 Å². The van der Waals surface area contributed by atoms with Crippen LogP contribution in [-0.2, 0) is 4.74 Å². The van der Waals surface area contributed by atoms with Gasteiger partial charge in [0.05, 0.1) is 11.3 Å². The number of halogens is 3. The summed E-state index contributed by atoms with van der Waals surface area (Å²) in [5.41, 5.74) is -1.87. The fourth-order valence-electron chi connectivity index (χ4n) is 4.75. The first-order valence-corrected chi connectivity index (χ1v) is 13.1. The molecule has 2 saturated heterocycles. The van der Waals surface area contributed by atoms with Crippen LogP contribution in [0.2, 0.25) is 0 Å². The van der Waals surface area contributed by atoms with Gasteiger partial charge in [0.25, 0.3) is 5.91 Å². The van der Waals surface area contributed by atoms with Gasteiger partial charge >= 0.3 is 11.7 Å². The molecule has 0 radical (unpaired) electrons. The standard InChI is InChI=1S/C26H27ClF2N6O5/c27-26(28,29)40-19-6-4-18(5-7-19)32-24(36)17-15-20(21-8-9-31-35(21)22-3-1-2-14-39-22)23(30-16-17)33-10-12-34(13-11-33)25(37)38/h4-9,15-16,22H,1-3,10-14H2,(H,32,36)(H,37,38). The van der Waals surface area contributed by atoms with Gasteiger partial charge in [-0.05, 0) is 55.7 Å². The van der Waals surface area contributed by atoms with E-state index in [1.54, 1.807) is 16.9 Å². The quantitative estimate of drug-likeness (QED) is 0.382. The number of hydrogen-bond donors (Lipinski definition) is 2. The van der Waals surface area contributed by atoms with Crippen molar-refractivity contribution in [2.75, 3.05) is 43.0 Å². The molecule has 11 nitrogen and oxygen atoms in total. The number of alkyl halides is 3. The SMILES string of the molecule is O=C(Nc1ccc(OC(F)(F)Cl)cc1)c1cnc(N2CCN(C(=O)O)CC2)c(-c2ccnn2C2CCCCO2)c1. The number of nitrogens with one attached hydrogen (secondary N) is 1. The normalized spacial score (nSPS) is 17.9. The van der Waals surface area contributed by atoms with E-state index in [1.165, 1.54) is 35.4 Å². The maximum absolute atomic E-state index is 13.2. The Morgan fingerprint density at radius 2 is 1.88 bits per heavy atom. The molecule has 1 unspecified atom stereocenters. The number of nitrogens with zero attached hydrogens (tertiary/aromatic N) is 5. The summed E-state index contributed by atoms with van der Waals surface area (Å²) in [6.07, 6.45) is 4.66. The number of carbonyl (C=O) groups is 2. The molecule has 2 aromatic heterocycles. The third-order valence-corrected chi connectivity index (χ3v) is 6.78. The van der Waals surface area contributed by atoms with Crippen molar-refractivity contribution in [3.8, 4) is 17.0 Å². The maximum Gasteiger partial charge on any atom is 0.487 e. The first-order valence-electron chi connectivity index (χ1n) is 12.7. The van der Waals surface area contributed by atoms with E-state index in [2.05, 4.69) is 20.1 Å². The molecule has 2 fully saturated rings. The second-order valence-electron chi connectivity index (χ2n) is 9.36. The van der Waals surface area contributed by atoms with Crippen LogP contribution in [0.3, 0.4) is 0 Å². The molecule has 0 saturated carbocycles. The van der Waals surface area contributed by atoms with Gasteiger partial charge in [-0.3, -0.25) is 4.79 Å². The Morgan fingerprint density at radius 3 is 2.52 bits per heavy atom. The molecule has 2 N–H and O–H groups in total. The fraction of sp³-hybridized carbons (Fsp3) is 0.385. The van der Waals surface area contributed by atoms with Crippen LogP contribution in [0.5, 0.6) is 5.75 Å². The number of benzene rings is 1. The van der Waals surface area contributed by atoms with Crippen LogP contribution in [0.15, 0.2) is 48.8 Å². The zero-order valence-corrected chi connectivity index (χ0v) is 22.1. The Hall–Kier alpha value is -3.97. The van der Waals surface area contributed by atoms with Crippen molar-refractivity contribution in [2.24, 2.45) is 0 Å². The number of hydrogen-bond acceptors (Lipinski definition) is 7. The average molecular weight is 577 g/mol. The van der Waals surface area contributed by atoms with Crippen LogP contribution < -0.4 is 15.0 Å². The van der Waals surface area contributed by atoms with Crippen LogP contribution in [0.25, 0.3) is 11.3 Å². The van der Waals surface area contributed by atoms with E-state index in [-0.39, 0.29) is 17.5 Å². The van der Waals surface area contributed by atoms with Crippen LogP contribution >= 0.6 is 11.6 Å². The molecule has 2 aliphatic heterocycles. The fourth-order valence-corrected chi connectivity index (χ4v) is 4.84. The van der Waals surface area contributed by atoms with Crippen molar-refractivity contribution < 1.29 is 33.0 Å². The third kappa shape index (κ3) is 6.42. The second kappa shape index (κ2) is 11.6. The lowest BCUT2D eigenvalue weighted by Crippen LogP contribution is -2.48. The maximum atomic E-state index is 13.2. The Bertz CT molecular complexity index is 1350. The van der Waals surface area contributed by atoms with Gasteiger partial charge in [0.1, 0.15) is 11.6 Å². The van der Waals surface area contributed by atoms with Crippen molar-refractivity contribution in [2.45, 2.75) is 31.1 Å². The topological polar surface area (TPSA) is 122 Å². The summed E-state index contributed by atoms with van der Waals surface area (Å²) < 4.78 is 37.8. The number of pyridine rings is 1. The third-order valence-electron chi connectivity index (χ3n) is 6.70. The second-order valence-corrected chi connectivity index (χ2v) is 9.80. The largest absolute Gasteiger partial charge is 0.487 e. The minimum Gasteiger partial charge on any atom is -0.465 e. The van der Waals surface area contributed by atoms with Crippen LogP contribution in [-0.4, -0.2) is 75.1 Å². The summed E-state index contributed by atoms with van der Waals surface area (Å²) in [5, 5.41) is 16.6. The Labute approximate surface area is 233 Å². The molecular formula is C26H27ClF2N6O5. The van der Waals surface area contributed by atoms with Crippen molar-refractivity contribution >= 4 is 35.1 Å². The first-order chi connectivity index (χ1) is 19.2. The van der Waals surface area contributed by atoms with Gasteiger partial charge in [0, 0.05) is 68.0 Å². The summed E-state index contributed by atoms with van der Waals surface area (Å²) in [6, 6.07) is 8.89. The molecule has 14 heteroatoms. The molecule has 4 heterocycles. The molecular weight excluding hydrogens is 550 g/mol. The molecule has 2 aliphatic rings. The van der Waals surface area contributed by atoms with Gasteiger partial charge in [-0.25, -0.2) is 14.5 Å². The van der Waals surface area contributed by atoms with Crippen molar-refractivity contribution in [3.63, 3.8) is 0 Å². The summed E-state index contributed by atoms with van der Waals surface area (Å²) in [4.78, 5) is 32.5. The Kier molecular flexibility index (Phi) is 8.03. The minimum atomic E-state index is -3.84.